The Morgan fingerprint density at radius 1 is 1.33 bits per heavy atom. The van der Waals surface area contributed by atoms with Crippen molar-refractivity contribution in [2.75, 3.05) is 6.61 Å². The van der Waals surface area contributed by atoms with E-state index in [1.807, 2.05) is 25.1 Å². The molecule has 0 spiro atoms. The Morgan fingerprint density at radius 3 is 2.48 bits per heavy atom. The number of hydrogen-bond acceptors (Lipinski definition) is 5. The molecule has 0 aliphatic rings. The van der Waals surface area contributed by atoms with Crippen molar-refractivity contribution >= 4 is 6.09 Å². The number of hydrogen-bond donors (Lipinski definition) is 2. The van der Waals surface area contributed by atoms with Crippen molar-refractivity contribution in [3.05, 3.63) is 29.8 Å². The summed E-state index contributed by atoms with van der Waals surface area (Å²) < 4.78 is 10.3. The van der Waals surface area contributed by atoms with Crippen LogP contribution >= 0.6 is 0 Å². The highest BCUT2D eigenvalue weighted by atomic mass is 16.6. The van der Waals surface area contributed by atoms with E-state index in [1.165, 1.54) is 0 Å². The molecule has 1 amide bonds. The van der Waals surface area contributed by atoms with E-state index in [0.717, 1.165) is 5.56 Å². The smallest absolute Gasteiger partial charge is 0.422 e. The molecule has 0 heterocycles. The number of ether oxygens (including phenoxy) is 2. The minimum absolute atomic E-state index is 0.0212. The molecule has 0 bridgehead atoms. The van der Waals surface area contributed by atoms with Gasteiger partial charge < -0.3 is 9.47 Å². The number of hydrazine groups is 1. The van der Waals surface area contributed by atoms with Crippen molar-refractivity contribution < 1.29 is 14.3 Å². The number of benzene rings is 1. The molecule has 6 nitrogen and oxygen atoms in total. The first-order chi connectivity index (χ1) is 9.81. The van der Waals surface area contributed by atoms with Gasteiger partial charge in [-0.05, 0) is 45.4 Å². The summed E-state index contributed by atoms with van der Waals surface area (Å²) in [6.45, 7) is 7.33. The average Bonchev–Trinajstić information content (AvgIpc) is 2.41. The third-order valence-corrected chi connectivity index (χ3v) is 2.47. The number of nitriles is 1. The summed E-state index contributed by atoms with van der Waals surface area (Å²) in [5, 5.41) is 8.44. The number of nitrogens with zero attached hydrogens (tertiary/aromatic N) is 1. The first-order valence-electron chi connectivity index (χ1n) is 6.66. The maximum atomic E-state index is 11.5. The van der Waals surface area contributed by atoms with Crippen LogP contribution in [-0.4, -0.2) is 18.3 Å². The molecule has 21 heavy (non-hydrogen) atoms. The normalized spacial score (nSPS) is 12.1. The monoisotopic (exact) mass is 291 g/mol. The molecule has 114 valence electrons. The lowest BCUT2D eigenvalue weighted by Gasteiger charge is -2.21. The summed E-state index contributed by atoms with van der Waals surface area (Å²) in [6, 6.07) is 9.09. The van der Waals surface area contributed by atoms with E-state index in [1.54, 1.807) is 32.9 Å². The molecule has 0 saturated heterocycles. The first kappa shape index (κ1) is 16.8. The molecule has 0 aliphatic carbocycles. The average molecular weight is 291 g/mol. The Kier molecular flexibility index (Phi) is 6.00. The van der Waals surface area contributed by atoms with Gasteiger partial charge in [-0.25, -0.2) is 10.2 Å². The fourth-order valence-corrected chi connectivity index (χ4v) is 1.52. The summed E-state index contributed by atoms with van der Waals surface area (Å²) in [5.41, 5.74) is 5.80. The highest BCUT2D eigenvalue weighted by molar-refractivity contribution is 5.67. The van der Waals surface area contributed by atoms with Gasteiger partial charge in [0, 0.05) is 6.04 Å². The lowest BCUT2D eigenvalue weighted by atomic mass is 10.1. The molecule has 0 radical (unpaired) electrons. The van der Waals surface area contributed by atoms with Crippen LogP contribution in [0.15, 0.2) is 24.3 Å². The second-order valence-corrected chi connectivity index (χ2v) is 5.51. The van der Waals surface area contributed by atoms with Gasteiger partial charge in [0.1, 0.15) is 17.4 Å². The molecule has 2 N–H and O–H groups in total. The quantitative estimate of drug-likeness (QED) is 0.815. The van der Waals surface area contributed by atoms with Crippen molar-refractivity contribution in [3.63, 3.8) is 0 Å². The molecular weight excluding hydrogens is 270 g/mol. The van der Waals surface area contributed by atoms with Gasteiger partial charge in [0.2, 0.25) is 0 Å². The molecule has 1 atom stereocenters. The fourth-order valence-electron chi connectivity index (χ4n) is 1.52. The molecule has 1 rings (SSSR count). The first-order valence-corrected chi connectivity index (χ1v) is 6.66. The molecule has 1 unspecified atom stereocenters. The van der Waals surface area contributed by atoms with E-state index in [9.17, 15) is 4.79 Å². The van der Waals surface area contributed by atoms with E-state index in [4.69, 9.17) is 14.7 Å². The van der Waals surface area contributed by atoms with Crippen LogP contribution in [0.5, 0.6) is 5.75 Å². The van der Waals surface area contributed by atoms with Crippen LogP contribution in [0.2, 0.25) is 0 Å². The zero-order valence-electron chi connectivity index (χ0n) is 12.8. The predicted molar refractivity (Wildman–Crippen MR) is 78.5 cm³/mol. The number of rotatable bonds is 5. The summed E-state index contributed by atoms with van der Waals surface area (Å²) >= 11 is 0. The Balaban J connectivity index is 2.47. The fraction of sp³-hybridized carbons (Fsp3) is 0.467. The summed E-state index contributed by atoms with van der Waals surface area (Å²) in [6.07, 6.45) is -0.525. The molecule has 1 aromatic rings. The lowest BCUT2D eigenvalue weighted by Crippen LogP contribution is -2.42. The van der Waals surface area contributed by atoms with Gasteiger partial charge >= 0.3 is 6.09 Å². The third kappa shape index (κ3) is 6.63. The second kappa shape index (κ2) is 7.50. The number of amides is 1. The van der Waals surface area contributed by atoms with Crippen molar-refractivity contribution in [3.8, 4) is 11.8 Å². The minimum atomic E-state index is -0.533. The zero-order valence-corrected chi connectivity index (χ0v) is 12.8. The van der Waals surface area contributed by atoms with Gasteiger partial charge in [-0.1, -0.05) is 12.1 Å². The van der Waals surface area contributed by atoms with Gasteiger partial charge in [0.05, 0.1) is 0 Å². The highest BCUT2D eigenvalue weighted by Gasteiger charge is 2.16. The Morgan fingerprint density at radius 2 is 1.95 bits per heavy atom. The van der Waals surface area contributed by atoms with E-state index in [-0.39, 0.29) is 12.6 Å². The van der Waals surface area contributed by atoms with Gasteiger partial charge in [-0.2, -0.15) is 5.26 Å². The van der Waals surface area contributed by atoms with Crippen LogP contribution < -0.4 is 15.6 Å². The van der Waals surface area contributed by atoms with Crippen LogP contribution in [0.1, 0.15) is 39.3 Å². The zero-order chi connectivity index (χ0) is 15.9. The van der Waals surface area contributed by atoms with Crippen molar-refractivity contribution in [1.29, 1.82) is 5.26 Å². The second-order valence-electron chi connectivity index (χ2n) is 5.51. The number of carbonyl (C=O) groups is 1. The topological polar surface area (TPSA) is 83.4 Å². The predicted octanol–water partition coefficient (Wildman–Crippen LogP) is 2.68. The summed E-state index contributed by atoms with van der Waals surface area (Å²) in [4.78, 5) is 11.5. The van der Waals surface area contributed by atoms with E-state index in [2.05, 4.69) is 10.9 Å². The molecule has 0 aromatic heterocycles. The molecule has 0 aliphatic heterocycles. The van der Waals surface area contributed by atoms with Crippen molar-refractivity contribution in [1.82, 2.24) is 10.9 Å². The number of carbonyl (C=O) groups excluding carboxylic acids is 1. The molecule has 0 saturated carbocycles. The van der Waals surface area contributed by atoms with Crippen LogP contribution in [0, 0.1) is 11.3 Å². The van der Waals surface area contributed by atoms with Crippen LogP contribution in [0.4, 0.5) is 4.79 Å². The van der Waals surface area contributed by atoms with E-state index < -0.39 is 11.7 Å². The van der Waals surface area contributed by atoms with Gasteiger partial charge in [0.25, 0.3) is 0 Å². The van der Waals surface area contributed by atoms with Crippen LogP contribution in [0.3, 0.4) is 0 Å². The number of nitrogens with one attached hydrogen (secondary N) is 2. The maximum absolute atomic E-state index is 11.5. The summed E-state index contributed by atoms with van der Waals surface area (Å²) in [5.74, 6) is 0.632. The molecular formula is C15H21N3O3. The summed E-state index contributed by atoms with van der Waals surface area (Å²) in [7, 11) is 0. The van der Waals surface area contributed by atoms with Crippen LogP contribution in [-0.2, 0) is 4.74 Å². The standard InChI is InChI=1S/C15H21N3O3/c1-11(17-18-14(19)21-15(2,3)4)12-5-7-13(8-6-12)20-10-9-16/h5-8,11,17H,10H2,1-4H3,(H,18,19). The Labute approximate surface area is 125 Å². The molecule has 0 fully saturated rings. The molecule has 1 aromatic carbocycles. The van der Waals surface area contributed by atoms with Crippen molar-refractivity contribution in [2.24, 2.45) is 0 Å². The SMILES string of the molecule is CC(NNC(=O)OC(C)(C)C)c1ccc(OCC#N)cc1. The van der Waals surface area contributed by atoms with Crippen LogP contribution in [0.25, 0.3) is 0 Å². The lowest BCUT2D eigenvalue weighted by molar-refractivity contribution is 0.0489. The highest BCUT2D eigenvalue weighted by Crippen LogP contribution is 2.17. The Hall–Kier alpha value is -2.26. The van der Waals surface area contributed by atoms with Gasteiger partial charge in [-0.3, -0.25) is 5.43 Å². The molecule has 6 heteroatoms. The third-order valence-electron chi connectivity index (χ3n) is 2.47. The minimum Gasteiger partial charge on any atom is -0.479 e. The largest absolute Gasteiger partial charge is 0.479 e. The van der Waals surface area contributed by atoms with Crippen molar-refractivity contribution in [2.45, 2.75) is 39.3 Å². The maximum Gasteiger partial charge on any atom is 0.422 e. The van der Waals surface area contributed by atoms with E-state index >= 15 is 0 Å². The van der Waals surface area contributed by atoms with E-state index in [0.29, 0.717) is 5.75 Å². The van der Waals surface area contributed by atoms with Gasteiger partial charge in [-0.15, -0.1) is 0 Å². The Bertz CT molecular complexity index is 500. The van der Waals surface area contributed by atoms with Gasteiger partial charge in [0.15, 0.2) is 6.61 Å².